The van der Waals surface area contributed by atoms with E-state index in [1.807, 2.05) is 63.3 Å². The highest BCUT2D eigenvalue weighted by Crippen LogP contribution is 2.19. The minimum Gasteiger partial charge on any atom is -0.324 e. The van der Waals surface area contributed by atoms with Gasteiger partial charge < -0.3 is 14.2 Å². The van der Waals surface area contributed by atoms with Crippen molar-refractivity contribution in [1.82, 2.24) is 0 Å². The molecule has 0 saturated heterocycles. The monoisotopic (exact) mass is 250 g/mol. The first-order chi connectivity index (χ1) is 8.76. The summed E-state index contributed by atoms with van der Waals surface area (Å²) in [4.78, 5) is 0. The van der Waals surface area contributed by atoms with Gasteiger partial charge in [-0.05, 0) is 26.3 Å². The molecule has 0 amide bonds. The Labute approximate surface area is 109 Å². The minimum atomic E-state index is -1.08. The summed E-state index contributed by atoms with van der Waals surface area (Å²) < 4.78 is 16.8. The van der Waals surface area contributed by atoms with Gasteiger partial charge in [-0.1, -0.05) is 36.4 Å². The summed E-state index contributed by atoms with van der Waals surface area (Å²) in [6.07, 6.45) is 3.76. The molecule has 0 heterocycles. The van der Waals surface area contributed by atoms with Crippen molar-refractivity contribution in [3.05, 3.63) is 42.0 Å². The van der Waals surface area contributed by atoms with Crippen LogP contribution in [0.15, 0.2) is 36.4 Å². The fraction of sp³-hybridized carbons (Fsp3) is 0.467. The third kappa shape index (κ3) is 4.61. The molecule has 1 aromatic carbocycles. The molecule has 0 N–H and O–H groups in total. The van der Waals surface area contributed by atoms with Crippen LogP contribution in [0.2, 0.25) is 0 Å². The van der Waals surface area contributed by atoms with E-state index in [2.05, 4.69) is 0 Å². The molecule has 0 aliphatic heterocycles. The normalized spacial score (nSPS) is 12.2. The molecule has 0 unspecified atom stereocenters. The lowest BCUT2D eigenvalue weighted by Gasteiger charge is -2.29. The average molecular weight is 250 g/mol. The number of hydrogen-bond donors (Lipinski definition) is 0. The van der Waals surface area contributed by atoms with Gasteiger partial charge in [0.1, 0.15) is 0 Å². The van der Waals surface area contributed by atoms with Crippen LogP contribution in [-0.4, -0.2) is 25.8 Å². The van der Waals surface area contributed by atoms with Gasteiger partial charge in [-0.15, -0.1) is 0 Å². The molecule has 100 valence electrons. The first-order valence-corrected chi connectivity index (χ1v) is 6.42. The molecule has 0 bridgehead atoms. The van der Waals surface area contributed by atoms with Crippen LogP contribution in [0.3, 0.4) is 0 Å². The van der Waals surface area contributed by atoms with Gasteiger partial charge in [0.2, 0.25) is 0 Å². The molecule has 3 nitrogen and oxygen atoms in total. The van der Waals surface area contributed by atoms with Crippen molar-refractivity contribution >= 4 is 6.08 Å². The molecule has 0 fully saturated rings. The van der Waals surface area contributed by atoms with Crippen LogP contribution in [0.25, 0.3) is 6.08 Å². The van der Waals surface area contributed by atoms with Crippen LogP contribution in [-0.2, 0) is 14.2 Å². The fourth-order valence-corrected chi connectivity index (χ4v) is 1.64. The third-order valence-corrected chi connectivity index (χ3v) is 2.32. The summed E-state index contributed by atoms with van der Waals surface area (Å²) in [5, 5.41) is 0. The molecule has 0 aromatic heterocycles. The van der Waals surface area contributed by atoms with E-state index in [0.717, 1.165) is 5.56 Å². The van der Waals surface area contributed by atoms with Gasteiger partial charge in [0.15, 0.2) is 0 Å². The van der Waals surface area contributed by atoms with Crippen molar-refractivity contribution in [1.29, 1.82) is 0 Å². The SMILES string of the molecule is CCOC(/C=C/c1ccccc1)(OCC)OCC. The highest BCUT2D eigenvalue weighted by Gasteiger charge is 2.28. The van der Waals surface area contributed by atoms with Crippen LogP contribution in [0.5, 0.6) is 0 Å². The van der Waals surface area contributed by atoms with Crippen molar-refractivity contribution < 1.29 is 14.2 Å². The number of hydrogen-bond acceptors (Lipinski definition) is 3. The van der Waals surface area contributed by atoms with Crippen molar-refractivity contribution in [3.8, 4) is 0 Å². The molecule has 0 spiro atoms. The molecular formula is C15H22O3. The van der Waals surface area contributed by atoms with Crippen LogP contribution in [0, 0.1) is 0 Å². The van der Waals surface area contributed by atoms with E-state index in [-0.39, 0.29) is 0 Å². The van der Waals surface area contributed by atoms with Crippen LogP contribution in [0.1, 0.15) is 26.3 Å². The summed E-state index contributed by atoms with van der Waals surface area (Å²) in [5.41, 5.74) is 1.08. The molecule has 0 saturated carbocycles. The molecule has 18 heavy (non-hydrogen) atoms. The summed E-state index contributed by atoms with van der Waals surface area (Å²) in [7, 11) is 0. The standard InChI is InChI=1S/C15H22O3/c1-4-16-15(17-5-2,18-6-3)13-12-14-10-8-7-9-11-14/h7-13H,4-6H2,1-3H3/b13-12+. The lowest BCUT2D eigenvalue weighted by atomic mass is 10.2. The zero-order valence-corrected chi connectivity index (χ0v) is 11.4. The molecule has 3 heteroatoms. The Bertz CT molecular complexity index is 329. The van der Waals surface area contributed by atoms with E-state index in [9.17, 15) is 0 Å². The van der Waals surface area contributed by atoms with E-state index in [1.165, 1.54) is 0 Å². The van der Waals surface area contributed by atoms with Crippen molar-refractivity contribution in [3.63, 3.8) is 0 Å². The van der Waals surface area contributed by atoms with Gasteiger partial charge in [0.05, 0.1) is 0 Å². The Kier molecular flexibility index (Phi) is 6.65. The van der Waals surface area contributed by atoms with Gasteiger partial charge in [0, 0.05) is 25.9 Å². The maximum Gasteiger partial charge on any atom is 0.304 e. The zero-order valence-electron chi connectivity index (χ0n) is 11.4. The minimum absolute atomic E-state index is 0.527. The highest BCUT2D eigenvalue weighted by atomic mass is 16.9. The van der Waals surface area contributed by atoms with E-state index >= 15 is 0 Å². The Morgan fingerprint density at radius 2 is 1.39 bits per heavy atom. The van der Waals surface area contributed by atoms with Gasteiger partial charge in [0.25, 0.3) is 0 Å². The average Bonchev–Trinajstić information content (AvgIpc) is 2.39. The number of benzene rings is 1. The third-order valence-electron chi connectivity index (χ3n) is 2.32. The van der Waals surface area contributed by atoms with Gasteiger partial charge in [-0.2, -0.15) is 0 Å². The van der Waals surface area contributed by atoms with E-state index in [0.29, 0.717) is 19.8 Å². The quantitative estimate of drug-likeness (QED) is 0.661. The Hall–Kier alpha value is -1.16. The predicted molar refractivity (Wildman–Crippen MR) is 73.1 cm³/mol. The van der Waals surface area contributed by atoms with Gasteiger partial charge in [-0.3, -0.25) is 0 Å². The second-order valence-electron chi connectivity index (χ2n) is 3.65. The summed E-state index contributed by atoms with van der Waals surface area (Å²) in [6.45, 7) is 7.34. The lowest BCUT2D eigenvalue weighted by Crippen LogP contribution is -2.37. The van der Waals surface area contributed by atoms with Gasteiger partial charge >= 0.3 is 5.97 Å². The molecule has 0 radical (unpaired) electrons. The van der Waals surface area contributed by atoms with Crippen LogP contribution in [0.4, 0.5) is 0 Å². The molecule has 0 aliphatic carbocycles. The summed E-state index contributed by atoms with van der Waals surface area (Å²) in [6, 6.07) is 10.0. The van der Waals surface area contributed by atoms with Crippen molar-refractivity contribution in [2.75, 3.05) is 19.8 Å². The molecule has 1 aromatic rings. The van der Waals surface area contributed by atoms with Crippen LogP contribution < -0.4 is 0 Å². The summed E-state index contributed by atoms with van der Waals surface area (Å²) >= 11 is 0. The second-order valence-corrected chi connectivity index (χ2v) is 3.65. The van der Waals surface area contributed by atoms with Gasteiger partial charge in [-0.25, -0.2) is 0 Å². The Morgan fingerprint density at radius 1 is 0.889 bits per heavy atom. The number of rotatable bonds is 8. The summed E-state index contributed by atoms with van der Waals surface area (Å²) in [5.74, 6) is -1.08. The Morgan fingerprint density at radius 3 is 1.83 bits per heavy atom. The molecule has 1 rings (SSSR count). The predicted octanol–water partition coefficient (Wildman–Crippen LogP) is 3.46. The first kappa shape index (κ1) is 14.9. The largest absolute Gasteiger partial charge is 0.324 e. The maximum atomic E-state index is 5.60. The Balaban J connectivity index is 2.84. The fourth-order valence-electron chi connectivity index (χ4n) is 1.64. The first-order valence-electron chi connectivity index (χ1n) is 6.42. The number of ether oxygens (including phenoxy) is 3. The molecule has 0 atom stereocenters. The van der Waals surface area contributed by atoms with E-state index in [1.54, 1.807) is 0 Å². The van der Waals surface area contributed by atoms with Crippen molar-refractivity contribution in [2.45, 2.75) is 26.7 Å². The van der Waals surface area contributed by atoms with E-state index < -0.39 is 5.97 Å². The van der Waals surface area contributed by atoms with Crippen molar-refractivity contribution in [2.24, 2.45) is 0 Å². The maximum absolute atomic E-state index is 5.60. The van der Waals surface area contributed by atoms with E-state index in [4.69, 9.17) is 14.2 Å². The topological polar surface area (TPSA) is 27.7 Å². The second kappa shape index (κ2) is 8.03. The smallest absolute Gasteiger partial charge is 0.304 e. The highest BCUT2D eigenvalue weighted by molar-refractivity contribution is 5.49. The molecule has 0 aliphatic rings. The molecular weight excluding hydrogens is 228 g/mol. The lowest BCUT2D eigenvalue weighted by molar-refractivity contribution is -0.345. The van der Waals surface area contributed by atoms with Crippen LogP contribution >= 0.6 is 0 Å². The zero-order chi connectivity index (χ0) is 13.3.